The van der Waals surface area contributed by atoms with E-state index in [-0.39, 0.29) is 0 Å². The standard InChI is InChI=1S/C98H66N2O/c1-3-16-67(17-4-1)70-38-50-86(51-39-70)99(87-52-40-71(41-53-87)68-18-5-2-6-19-68)88-54-42-73(43-55-88)79-23-14-25-81(63-79)83-36-33-74-34-37-84(66-85(74)65-83)93-27-10-9-26-92(93)75-46-58-90(59-47-75)100(91-60-48-76(49-61-91)94-29-15-30-96-95-28-11-12-31-97(95)101-98(94)96)89-56-44-72(45-57-89)78-22-13-24-80(62-78)82-35-32-69-20-7-8-21-77(69)64-82/h1-66H. The molecule has 18 aromatic rings. The molecule has 0 aliphatic heterocycles. The van der Waals surface area contributed by atoms with Gasteiger partial charge in [0.25, 0.3) is 0 Å². The van der Waals surface area contributed by atoms with Gasteiger partial charge in [-0.3, -0.25) is 0 Å². The highest BCUT2D eigenvalue weighted by Gasteiger charge is 2.20. The number of benzene rings is 17. The zero-order valence-electron chi connectivity index (χ0n) is 55.4. The van der Waals surface area contributed by atoms with E-state index < -0.39 is 0 Å². The number of furan rings is 1. The minimum absolute atomic E-state index is 0.893. The number of fused-ring (bicyclic) bond motifs is 5. The summed E-state index contributed by atoms with van der Waals surface area (Å²) < 4.78 is 6.52. The van der Waals surface area contributed by atoms with Crippen LogP contribution in [0.1, 0.15) is 0 Å². The number of anilines is 6. The van der Waals surface area contributed by atoms with E-state index in [2.05, 4.69) is 398 Å². The SMILES string of the molecule is c1ccc(-c2ccc(N(c3ccc(-c4ccccc4)cc3)c3ccc(-c4cccc(-c5ccc6ccc(-c7ccccc7-c7ccc(N(c8ccc(-c9cccc(-c%10ccc%11ccccc%11c%10)c9)cc8)c8ccc(-c9cccc%10c9oc9ccccc9%10)cc8)cc7)cc6c5)c4)cc3)cc2)cc1. The topological polar surface area (TPSA) is 19.6 Å². The van der Waals surface area contributed by atoms with E-state index in [1.165, 1.54) is 88.3 Å². The fourth-order valence-electron chi connectivity index (χ4n) is 14.6. The molecule has 1 aromatic heterocycles. The molecule has 17 aromatic carbocycles. The monoisotopic (exact) mass is 1290 g/mol. The van der Waals surface area contributed by atoms with Crippen molar-refractivity contribution in [2.45, 2.75) is 0 Å². The van der Waals surface area contributed by atoms with Crippen molar-refractivity contribution in [1.29, 1.82) is 0 Å². The molecule has 1 heterocycles. The molecular weight excluding hydrogens is 1220 g/mol. The Hall–Kier alpha value is -13.3. The quantitative estimate of drug-likeness (QED) is 0.102. The summed E-state index contributed by atoms with van der Waals surface area (Å²) in [6.45, 7) is 0. The van der Waals surface area contributed by atoms with Gasteiger partial charge in [-0.2, -0.15) is 0 Å². The second kappa shape index (κ2) is 26.2. The first kappa shape index (κ1) is 60.1. The van der Waals surface area contributed by atoms with Gasteiger partial charge in [0.1, 0.15) is 11.2 Å². The predicted molar refractivity (Wildman–Crippen MR) is 427 cm³/mol. The second-order valence-electron chi connectivity index (χ2n) is 26.0. The largest absolute Gasteiger partial charge is 0.455 e. The Kier molecular flexibility index (Phi) is 15.6. The molecule has 0 atom stereocenters. The van der Waals surface area contributed by atoms with Gasteiger partial charge in [0.2, 0.25) is 0 Å². The smallest absolute Gasteiger partial charge is 0.143 e. The molecule has 0 spiro atoms. The molecule has 0 bridgehead atoms. The van der Waals surface area contributed by atoms with Crippen LogP contribution in [0.2, 0.25) is 0 Å². The minimum atomic E-state index is 0.893. The van der Waals surface area contributed by atoms with Gasteiger partial charge in [0.15, 0.2) is 0 Å². The molecule has 3 nitrogen and oxygen atoms in total. The van der Waals surface area contributed by atoms with E-state index in [1.54, 1.807) is 0 Å². The molecule has 18 rings (SSSR count). The van der Waals surface area contributed by atoms with Gasteiger partial charge < -0.3 is 14.2 Å². The Bertz CT molecular complexity index is 5940. The predicted octanol–water partition coefficient (Wildman–Crippen LogP) is 27.8. The van der Waals surface area contributed by atoms with Crippen LogP contribution in [-0.4, -0.2) is 0 Å². The van der Waals surface area contributed by atoms with Crippen LogP contribution >= 0.6 is 0 Å². The number of para-hydroxylation sites is 2. The fraction of sp³-hybridized carbons (Fsp3) is 0. The van der Waals surface area contributed by atoms with Gasteiger partial charge in [-0.15, -0.1) is 0 Å². The summed E-state index contributed by atoms with van der Waals surface area (Å²) in [6.07, 6.45) is 0. The molecule has 0 amide bonds. The molecule has 0 fully saturated rings. The third-order valence-corrected chi connectivity index (χ3v) is 19.9. The normalized spacial score (nSPS) is 11.4. The maximum absolute atomic E-state index is 6.52. The van der Waals surface area contributed by atoms with Crippen molar-refractivity contribution in [2.75, 3.05) is 9.80 Å². The Morgan fingerprint density at radius 2 is 0.446 bits per heavy atom. The van der Waals surface area contributed by atoms with Crippen molar-refractivity contribution >= 4 is 77.6 Å². The van der Waals surface area contributed by atoms with Crippen molar-refractivity contribution in [2.24, 2.45) is 0 Å². The van der Waals surface area contributed by atoms with Crippen molar-refractivity contribution in [3.8, 4) is 100 Å². The summed E-state index contributed by atoms with van der Waals surface area (Å²) in [5, 5.41) is 7.11. The fourth-order valence-corrected chi connectivity index (χ4v) is 14.6. The van der Waals surface area contributed by atoms with Crippen molar-refractivity contribution in [3.05, 3.63) is 400 Å². The zero-order chi connectivity index (χ0) is 67.0. The van der Waals surface area contributed by atoms with Crippen LogP contribution in [0.5, 0.6) is 0 Å². The molecule has 0 unspecified atom stereocenters. The lowest BCUT2D eigenvalue weighted by atomic mass is 9.92. The minimum Gasteiger partial charge on any atom is -0.455 e. The lowest BCUT2D eigenvalue weighted by molar-refractivity contribution is 0.670. The van der Waals surface area contributed by atoms with Gasteiger partial charge in [0, 0.05) is 50.5 Å². The van der Waals surface area contributed by atoms with Crippen LogP contribution in [0.15, 0.2) is 405 Å². The first-order valence-corrected chi connectivity index (χ1v) is 34.6. The number of hydrogen-bond acceptors (Lipinski definition) is 3. The first-order valence-electron chi connectivity index (χ1n) is 34.6. The van der Waals surface area contributed by atoms with Gasteiger partial charge in [0.05, 0.1) is 0 Å². The first-order chi connectivity index (χ1) is 50.0. The number of rotatable bonds is 15. The average Bonchev–Trinajstić information content (AvgIpc) is 1.68. The van der Waals surface area contributed by atoms with Gasteiger partial charge in [-0.05, 0) is 225 Å². The van der Waals surface area contributed by atoms with Crippen LogP contribution in [0.25, 0.3) is 144 Å². The van der Waals surface area contributed by atoms with Crippen LogP contribution < -0.4 is 9.80 Å². The molecule has 0 aliphatic rings. The molecule has 0 saturated heterocycles. The van der Waals surface area contributed by atoms with E-state index in [9.17, 15) is 0 Å². The molecule has 0 N–H and O–H groups in total. The van der Waals surface area contributed by atoms with Crippen molar-refractivity contribution in [1.82, 2.24) is 0 Å². The molecule has 101 heavy (non-hydrogen) atoms. The molecule has 0 radical (unpaired) electrons. The van der Waals surface area contributed by atoms with Crippen LogP contribution in [0.4, 0.5) is 34.1 Å². The van der Waals surface area contributed by atoms with Crippen LogP contribution in [0.3, 0.4) is 0 Å². The summed E-state index contributed by atoms with van der Waals surface area (Å²) in [5.74, 6) is 0. The Morgan fingerprint density at radius 3 is 0.941 bits per heavy atom. The summed E-state index contributed by atoms with van der Waals surface area (Å²) in [5.41, 5.74) is 29.2. The highest BCUT2D eigenvalue weighted by Crippen LogP contribution is 2.44. The van der Waals surface area contributed by atoms with E-state index in [1.807, 2.05) is 12.1 Å². The third kappa shape index (κ3) is 11.9. The summed E-state index contributed by atoms with van der Waals surface area (Å²) in [7, 11) is 0. The Labute approximate surface area is 588 Å². The average molecular weight is 1290 g/mol. The lowest BCUT2D eigenvalue weighted by Crippen LogP contribution is -2.09. The van der Waals surface area contributed by atoms with Gasteiger partial charge in [-0.25, -0.2) is 0 Å². The highest BCUT2D eigenvalue weighted by molar-refractivity contribution is 6.09. The van der Waals surface area contributed by atoms with E-state index in [4.69, 9.17) is 4.42 Å². The summed E-state index contributed by atoms with van der Waals surface area (Å²) >= 11 is 0. The number of nitrogens with zero attached hydrogens (tertiary/aromatic N) is 2. The van der Waals surface area contributed by atoms with E-state index in [0.717, 1.165) is 89.4 Å². The molecule has 0 aliphatic carbocycles. The van der Waals surface area contributed by atoms with Crippen molar-refractivity contribution in [3.63, 3.8) is 0 Å². The molecule has 3 heteroatoms. The van der Waals surface area contributed by atoms with Gasteiger partial charge >= 0.3 is 0 Å². The maximum atomic E-state index is 6.52. The lowest BCUT2D eigenvalue weighted by Gasteiger charge is -2.26. The molecule has 0 saturated carbocycles. The van der Waals surface area contributed by atoms with E-state index >= 15 is 0 Å². The van der Waals surface area contributed by atoms with Gasteiger partial charge in [-0.1, -0.05) is 291 Å². The summed E-state index contributed by atoms with van der Waals surface area (Å²) in [4.78, 5) is 4.70. The van der Waals surface area contributed by atoms with Crippen LogP contribution in [-0.2, 0) is 0 Å². The molecular formula is C98H66N2O. The Morgan fingerprint density at radius 1 is 0.158 bits per heavy atom. The molecule has 474 valence electrons. The van der Waals surface area contributed by atoms with Crippen LogP contribution in [0, 0.1) is 0 Å². The third-order valence-electron chi connectivity index (χ3n) is 19.9. The highest BCUT2D eigenvalue weighted by atomic mass is 16.3. The number of hydrogen-bond donors (Lipinski definition) is 0. The summed E-state index contributed by atoms with van der Waals surface area (Å²) in [6, 6.07) is 145. The zero-order valence-corrected chi connectivity index (χ0v) is 55.4. The van der Waals surface area contributed by atoms with E-state index in [0.29, 0.717) is 0 Å². The maximum Gasteiger partial charge on any atom is 0.143 e. The Balaban J connectivity index is 0.634. The van der Waals surface area contributed by atoms with Crippen molar-refractivity contribution < 1.29 is 4.42 Å². The second-order valence-corrected chi connectivity index (χ2v) is 26.0.